The van der Waals surface area contributed by atoms with E-state index in [4.69, 9.17) is 23.2 Å². The molecule has 2 N–H and O–H groups in total. The maximum atomic E-state index is 12.9. The van der Waals surface area contributed by atoms with Crippen LogP contribution in [-0.4, -0.2) is 52.9 Å². The summed E-state index contributed by atoms with van der Waals surface area (Å²) in [6, 6.07) is 14.1. The zero-order valence-corrected chi connectivity index (χ0v) is 32.6. The molecule has 52 heavy (non-hydrogen) atoms. The summed E-state index contributed by atoms with van der Waals surface area (Å²) in [5.41, 5.74) is -0.402. The predicted molar refractivity (Wildman–Crippen MR) is 194 cm³/mol. The lowest BCUT2D eigenvalue weighted by molar-refractivity contribution is -0.137. The summed E-state index contributed by atoms with van der Waals surface area (Å²) in [4.78, 5) is 28.8. The molecule has 18 heteroatoms. The van der Waals surface area contributed by atoms with Crippen LogP contribution < -0.4 is 10.6 Å². The van der Waals surface area contributed by atoms with Crippen molar-refractivity contribution in [2.45, 2.75) is 79.3 Å². The summed E-state index contributed by atoms with van der Waals surface area (Å²) >= 11 is 11.5. The van der Waals surface area contributed by atoms with Gasteiger partial charge in [-0.05, 0) is 88.4 Å². The molecule has 2 heterocycles. The van der Waals surface area contributed by atoms with Crippen LogP contribution in [0.2, 0.25) is 10.0 Å². The van der Waals surface area contributed by atoms with Gasteiger partial charge in [0, 0.05) is 34.8 Å². The van der Waals surface area contributed by atoms with Crippen molar-refractivity contribution in [2.75, 3.05) is 10.6 Å². The lowest BCUT2D eigenvalue weighted by Gasteiger charge is -2.23. The molecule has 11 nitrogen and oxygen atoms in total. The Bertz CT molecular complexity index is 2160. The minimum Gasteiger partial charge on any atom is -0.310 e. The number of hydrogen-bond donors (Lipinski definition) is 2. The van der Waals surface area contributed by atoms with Crippen LogP contribution in [0.1, 0.15) is 59.7 Å². The predicted octanol–water partition coefficient (Wildman–Crippen LogP) is 7.51. The molecule has 2 aromatic carbocycles. The normalized spacial score (nSPS) is 12.8. The molecule has 0 aliphatic carbocycles. The van der Waals surface area contributed by atoms with Gasteiger partial charge < -0.3 is 10.6 Å². The van der Waals surface area contributed by atoms with Crippen LogP contribution in [0.25, 0.3) is 0 Å². The van der Waals surface area contributed by atoms with Crippen molar-refractivity contribution in [3.63, 3.8) is 0 Å². The number of hydrogen-bond acceptors (Lipinski definition) is 8. The molecule has 4 rings (SSSR count). The number of sulfone groups is 2. The molecule has 0 saturated heterocycles. The number of carbonyl (C=O) groups excluding carboxylic acids is 2. The number of nitrogens with one attached hydrogen (secondary N) is 2. The third-order valence-corrected chi connectivity index (χ3v) is 13.3. The van der Waals surface area contributed by atoms with Crippen LogP contribution in [0.4, 0.5) is 24.8 Å². The third kappa shape index (κ3) is 9.32. The first-order valence-electron chi connectivity index (χ1n) is 15.3. The Labute approximate surface area is 310 Å². The minimum atomic E-state index is -4.62. The minimum absolute atomic E-state index is 0.0439. The molecule has 0 spiro atoms. The van der Waals surface area contributed by atoms with E-state index in [0.29, 0.717) is 21.9 Å². The standard InChI is InChI=1S/C18H24ClN3O3S.C16H14ClF3N2O3S/c1-17(2,3)14-11-15(22(6)21-14)20-16(23)18(4,5)26(24,25)13-9-7-12(19)8-10-13;1-15(2,26(24,25)12-5-3-11(17)4-6-12)14(23)22-13-9-10(7-8-21-13)16(18,19)20/h7-11H,1-6H3,(H,20,23);3-9H,1-2H3,(H,21,22,23). The summed E-state index contributed by atoms with van der Waals surface area (Å²) in [6.45, 7) is 11.1. The van der Waals surface area contributed by atoms with E-state index in [2.05, 4.69) is 20.7 Å². The maximum Gasteiger partial charge on any atom is 0.416 e. The van der Waals surface area contributed by atoms with E-state index >= 15 is 0 Å². The Morgan fingerprint density at radius 2 is 1.12 bits per heavy atom. The molecule has 282 valence electrons. The van der Waals surface area contributed by atoms with Gasteiger partial charge in [-0.25, -0.2) is 21.8 Å². The Morgan fingerprint density at radius 3 is 1.50 bits per heavy atom. The van der Waals surface area contributed by atoms with Gasteiger partial charge >= 0.3 is 6.18 Å². The van der Waals surface area contributed by atoms with Gasteiger partial charge in [-0.15, -0.1) is 0 Å². The Hall–Kier alpha value is -3.99. The summed E-state index contributed by atoms with van der Waals surface area (Å²) in [7, 11) is -6.34. The molecule has 0 radical (unpaired) electrons. The van der Waals surface area contributed by atoms with E-state index < -0.39 is 58.5 Å². The average molecular weight is 805 g/mol. The van der Waals surface area contributed by atoms with Crippen molar-refractivity contribution in [3.05, 3.63) is 94.2 Å². The second kappa shape index (κ2) is 15.2. The zero-order valence-electron chi connectivity index (χ0n) is 29.4. The van der Waals surface area contributed by atoms with Gasteiger partial charge in [0.05, 0.1) is 21.0 Å². The van der Waals surface area contributed by atoms with Gasteiger partial charge in [-0.2, -0.15) is 18.3 Å². The largest absolute Gasteiger partial charge is 0.416 e. The molecule has 4 aromatic rings. The highest BCUT2D eigenvalue weighted by atomic mass is 35.5. The molecule has 0 atom stereocenters. The first-order chi connectivity index (χ1) is 23.6. The second-order valence-electron chi connectivity index (χ2n) is 13.6. The maximum absolute atomic E-state index is 12.9. The van der Waals surface area contributed by atoms with Gasteiger partial charge in [0.1, 0.15) is 21.1 Å². The highest BCUT2D eigenvalue weighted by Gasteiger charge is 2.44. The number of pyridine rings is 1. The quantitative estimate of drug-likeness (QED) is 0.185. The zero-order chi connectivity index (χ0) is 39.7. The third-order valence-electron chi connectivity index (χ3n) is 7.90. The molecule has 0 fully saturated rings. The number of aryl methyl sites for hydroxylation is 1. The van der Waals surface area contributed by atoms with Crippen LogP contribution in [0.15, 0.2) is 82.7 Å². The van der Waals surface area contributed by atoms with Crippen molar-refractivity contribution in [1.82, 2.24) is 14.8 Å². The van der Waals surface area contributed by atoms with E-state index in [1.165, 1.54) is 67.1 Å². The van der Waals surface area contributed by atoms with Gasteiger partial charge in [0.25, 0.3) is 0 Å². The smallest absolute Gasteiger partial charge is 0.310 e. The van der Waals surface area contributed by atoms with E-state index in [0.717, 1.165) is 31.8 Å². The molecule has 0 saturated carbocycles. The van der Waals surface area contributed by atoms with E-state index in [1.807, 2.05) is 20.8 Å². The monoisotopic (exact) mass is 803 g/mol. The fourth-order valence-electron chi connectivity index (χ4n) is 4.22. The Morgan fingerprint density at radius 1 is 0.692 bits per heavy atom. The van der Waals surface area contributed by atoms with Crippen molar-refractivity contribution in [3.8, 4) is 0 Å². The molecular formula is C34H38Cl2F3N5O6S2. The molecule has 0 aliphatic heterocycles. The topological polar surface area (TPSA) is 157 Å². The lowest BCUT2D eigenvalue weighted by atomic mass is 9.92. The summed E-state index contributed by atoms with van der Waals surface area (Å²) in [6.07, 6.45) is -3.74. The number of nitrogens with zero attached hydrogens (tertiary/aromatic N) is 3. The lowest BCUT2D eigenvalue weighted by Crippen LogP contribution is -2.44. The summed E-state index contributed by atoms with van der Waals surface area (Å²) in [5.74, 6) is -1.60. The molecule has 2 aromatic heterocycles. The van der Waals surface area contributed by atoms with Gasteiger partial charge in [-0.3, -0.25) is 14.3 Å². The van der Waals surface area contributed by atoms with Crippen LogP contribution in [0.3, 0.4) is 0 Å². The number of halogens is 5. The van der Waals surface area contributed by atoms with E-state index in [9.17, 15) is 39.6 Å². The second-order valence-corrected chi connectivity index (χ2v) is 19.4. The van der Waals surface area contributed by atoms with Crippen LogP contribution >= 0.6 is 23.2 Å². The molecule has 2 amide bonds. The van der Waals surface area contributed by atoms with Gasteiger partial charge in [0.2, 0.25) is 11.8 Å². The highest BCUT2D eigenvalue weighted by molar-refractivity contribution is 7.94. The number of alkyl halides is 3. The molecule has 0 unspecified atom stereocenters. The van der Waals surface area contributed by atoms with E-state index in [1.54, 1.807) is 13.1 Å². The van der Waals surface area contributed by atoms with Crippen molar-refractivity contribution < 1.29 is 39.6 Å². The number of rotatable bonds is 8. The summed E-state index contributed by atoms with van der Waals surface area (Å²) in [5, 5.41) is 9.94. The average Bonchev–Trinajstić information content (AvgIpc) is 3.41. The fraction of sp³-hybridized carbons (Fsp3) is 0.353. The number of carbonyl (C=O) groups is 2. The van der Waals surface area contributed by atoms with Crippen LogP contribution in [-0.2, 0) is 47.9 Å². The first-order valence-corrected chi connectivity index (χ1v) is 19.1. The number of amides is 2. The number of benzene rings is 2. The Kier molecular flexibility index (Phi) is 12.4. The van der Waals surface area contributed by atoms with Crippen molar-refractivity contribution in [2.24, 2.45) is 7.05 Å². The molecule has 0 bridgehead atoms. The number of anilines is 2. The van der Waals surface area contributed by atoms with Crippen molar-refractivity contribution >= 4 is 66.3 Å². The van der Waals surface area contributed by atoms with Gasteiger partial charge in [0.15, 0.2) is 19.7 Å². The Balaban J connectivity index is 0.000000280. The SMILES string of the molecule is CC(C)(C(=O)Nc1cc(C(F)(F)F)ccn1)S(=O)(=O)c1ccc(Cl)cc1.Cn1nc(C(C)(C)C)cc1NC(=O)C(C)(C)S(=O)(=O)c1ccc(Cl)cc1. The van der Waals surface area contributed by atoms with Gasteiger partial charge in [-0.1, -0.05) is 44.0 Å². The molecule has 0 aliphatic rings. The van der Waals surface area contributed by atoms with Crippen LogP contribution in [0.5, 0.6) is 0 Å². The summed E-state index contributed by atoms with van der Waals surface area (Å²) < 4.78 is 87.4. The molecular weight excluding hydrogens is 766 g/mol. The van der Waals surface area contributed by atoms with E-state index in [-0.39, 0.29) is 15.2 Å². The van der Waals surface area contributed by atoms with Crippen LogP contribution in [0, 0.1) is 0 Å². The number of aromatic nitrogens is 3. The first kappa shape index (κ1) is 42.4. The van der Waals surface area contributed by atoms with Crippen molar-refractivity contribution in [1.29, 1.82) is 0 Å². The highest BCUT2D eigenvalue weighted by Crippen LogP contribution is 2.32. The fourth-order valence-corrected chi connectivity index (χ4v) is 7.23.